The van der Waals surface area contributed by atoms with Crippen molar-refractivity contribution in [2.24, 2.45) is 0 Å². The molecule has 1 N–H and O–H groups in total. The summed E-state index contributed by atoms with van der Waals surface area (Å²) in [5, 5.41) is 6.19. The van der Waals surface area contributed by atoms with E-state index in [9.17, 15) is 0 Å². The van der Waals surface area contributed by atoms with Gasteiger partial charge >= 0.3 is 0 Å². The fraction of sp³-hybridized carbons (Fsp3) is 0. The van der Waals surface area contributed by atoms with Gasteiger partial charge in [-0.3, -0.25) is 5.10 Å². The van der Waals surface area contributed by atoms with Crippen molar-refractivity contribution in [1.29, 1.82) is 0 Å². The van der Waals surface area contributed by atoms with Crippen LogP contribution in [0.5, 0.6) is 5.88 Å². The minimum absolute atomic E-state index is 0.514. The standard InChI is InChI=1S/C4H5N2O/c1-7-4-2-3-5-6-4/h2-3H,1H2,(H,5,6). The Kier molecular flexibility index (Phi) is 0.978. The van der Waals surface area contributed by atoms with Crippen LogP contribution in [0.3, 0.4) is 0 Å². The van der Waals surface area contributed by atoms with Gasteiger partial charge in [0.25, 0.3) is 0 Å². The number of hydrogen-bond donors (Lipinski definition) is 1. The number of hydrogen-bond acceptors (Lipinski definition) is 2. The highest BCUT2D eigenvalue weighted by Gasteiger charge is 1.84. The third-order valence-electron chi connectivity index (χ3n) is 0.623. The molecule has 0 unspecified atom stereocenters. The van der Waals surface area contributed by atoms with Gasteiger partial charge in [0, 0.05) is 12.3 Å². The van der Waals surface area contributed by atoms with E-state index >= 15 is 0 Å². The summed E-state index contributed by atoms with van der Waals surface area (Å²) in [6.07, 6.45) is 1.67. The van der Waals surface area contributed by atoms with E-state index in [4.69, 9.17) is 0 Å². The zero-order valence-electron chi connectivity index (χ0n) is 3.72. The van der Waals surface area contributed by atoms with Crippen LogP contribution < -0.4 is 4.74 Å². The molecule has 3 nitrogen and oxygen atoms in total. The summed E-state index contributed by atoms with van der Waals surface area (Å²) in [6.45, 7) is 0. The maximum atomic E-state index is 4.46. The molecule has 0 saturated carbocycles. The Hall–Kier alpha value is -0.990. The molecular formula is C4H5N2O. The summed E-state index contributed by atoms with van der Waals surface area (Å²) in [5.41, 5.74) is 0. The molecule has 1 heterocycles. The van der Waals surface area contributed by atoms with E-state index in [0.717, 1.165) is 0 Å². The fourth-order valence-corrected chi connectivity index (χ4v) is 0.327. The maximum absolute atomic E-state index is 4.46. The van der Waals surface area contributed by atoms with Crippen LogP contribution in [0, 0.1) is 7.11 Å². The molecule has 0 amide bonds. The Labute approximate surface area is 41.3 Å². The Balaban J connectivity index is 2.76. The van der Waals surface area contributed by atoms with E-state index in [0.29, 0.717) is 5.88 Å². The van der Waals surface area contributed by atoms with Crippen LogP contribution in [0.2, 0.25) is 0 Å². The van der Waals surface area contributed by atoms with Crippen molar-refractivity contribution in [2.75, 3.05) is 0 Å². The topological polar surface area (TPSA) is 37.9 Å². The predicted octanol–water partition coefficient (Wildman–Crippen LogP) is 0.580. The zero-order valence-corrected chi connectivity index (χ0v) is 3.72. The third-order valence-corrected chi connectivity index (χ3v) is 0.623. The van der Waals surface area contributed by atoms with Crippen molar-refractivity contribution < 1.29 is 4.74 Å². The quantitative estimate of drug-likeness (QED) is 0.556. The van der Waals surface area contributed by atoms with E-state index in [-0.39, 0.29) is 0 Å². The van der Waals surface area contributed by atoms with Crippen LogP contribution >= 0.6 is 0 Å². The molecule has 0 aliphatic carbocycles. The molecule has 0 saturated heterocycles. The highest BCUT2D eigenvalue weighted by molar-refractivity contribution is 5.03. The molecular weight excluding hydrogens is 92.1 g/mol. The molecule has 1 aromatic heterocycles. The first-order chi connectivity index (χ1) is 3.43. The summed E-state index contributed by atoms with van der Waals surface area (Å²) < 4.78 is 4.46. The molecule has 0 fully saturated rings. The number of aromatic amines is 1. The highest BCUT2D eigenvalue weighted by atomic mass is 16.5. The average Bonchev–Trinajstić information content (AvgIpc) is 2.14. The lowest BCUT2D eigenvalue weighted by Gasteiger charge is -1.83. The number of aromatic nitrogens is 2. The normalized spacial score (nSPS) is 8.71. The lowest BCUT2D eigenvalue weighted by molar-refractivity contribution is 0.452. The van der Waals surface area contributed by atoms with Crippen molar-refractivity contribution in [3.8, 4) is 5.88 Å². The van der Waals surface area contributed by atoms with Gasteiger partial charge < -0.3 is 4.74 Å². The van der Waals surface area contributed by atoms with Crippen LogP contribution in [0.4, 0.5) is 0 Å². The van der Waals surface area contributed by atoms with Crippen molar-refractivity contribution in [1.82, 2.24) is 10.2 Å². The largest absolute Gasteiger partial charge is 0.473 e. The predicted molar refractivity (Wildman–Crippen MR) is 24.6 cm³/mol. The summed E-state index contributed by atoms with van der Waals surface area (Å²) in [5.74, 6) is 0.514. The Morgan fingerprint density at radius 1 is 1.86 bits per heavy atom. The SMILES string of the molecule is [CH2]Oc1cc[nH]n1. The average molecular weight is 97.1 g/mol. The molecule has 37 valence electrons. The van der Waals surface area contributed by atoms with E-state index in [2.05, 4.69) is 22.0 Å². The van der Waals surface area contributed by atoms with Crippen molar-refractivity contribution in [3.63, 3.8) is 0 Å². The van der Waals surface area contributed by atoms with Crippen LogP contribution in [0.25, 0.3) is 0 Å². The summed E-state index contributed by atoms with van der Waals surface area (Å²) in [7, 11) is 3.15. The van der Waals surface area contributed by atoms with Gasteiger partial charge in [-0.2, -0.15) is 0 Å². The van der Waals surface area contributed by atoms with Gasteiger partial charge in [-0.1, -0.05) is 0 Å². The van der Waals surface area contributed by atoms with Crippen molar-refractivity contribution in [2.45, 2.75) is 0 Å². The molecule has 0 atom stereocenters. The maximum Gasteiger partial charge on any atom is 0.232 e. The first-order valence-corrected chi connectivity index (χ1v) is 1.85. The number of ether oxygens (including phenoxy) is 1. The number of nitrogens with zero attached hydrogens (tertiary/aromatic N) is 1. The Morgan fingerprint density at radius 3 is 3.00 bits per heavy atom. The third kappa shape index (κ3) is 0.707. The van der Waals surface area contributed by atoms with Gasteiger partial charge in [0.1, 0.15) is 7.11 Å². The molecule has 1 rings (SSSR count). The molecule has 7 heavy (non-hydrogen) atoms. The first-order valence-electron chi connectivity index (χ1n) is 1.85. The van der Waals surface area contributed by atoms with E-state index < -0.39 is 0 Å². The van der Waals surface area contributed by atoms with Crippen LogP contribution in [0.1, 0.15) is 0 Å². The van der Waals surface area contributed by atoms with Crippen LogP contribution in [0.15, 0.2) is 12.3 Å². The zero-order chi connectivity index (χ0) is 5.11. The smallest absolute Gasteiger partial charge is 0.232 e. The van der Waals surface area contributed by atoms with Crippen LogP contribution in [-0.4, -0.2) is 10.2 Å². The second-order valence-electron chi connectivity index (χ2n) is 1.06. The first kappa shape index (κ1) is 4.18. The van der Waals surface area contributed by atoms with Gasteiger partial charge in [-0.25, -0.2) is 0 Å². The van der Waals surface area contributed by atoms with Crippen molar-refractivity contribution in [3.05, 3.63) is 19.4 Å². The molecule has 1 aromatic rings. The van der Waals surface area contributed by atoms with E-state index in [1.807, 2.05) is 0 Å². The minimum Gasteiger partial charge on any atom is -0.473 e. The van der Waals surface area contributed by atoms with Crippen LogP contribution in [-0.2, 0) is 0 Å². The Bertz CT molecular complexity index is 124. The van der Waals surface area contributed by atoms with Gasteiger partial charge in [0.05, 0.1) is 0 Å². The van der Waals surface area contributed by atoms with Gasteiger partial charge in [0.15, 0.2) is 0 Å². The lowest BCUT2D eigenvalue weighted by Crippen LogP contribution is -1.76. The fourth-order valence-electron chi connectivity index (χ4n) is 0.327. The molecule has 3 heteroatoms. The molecule has 0 bridgehead atoms. The second-order valence-corrected chi connectivity index (χ2v) is 1.06. The highest BCUT2D eigenvalue weighted by Crippen LogP contribution is 1.98. The molecule has 0 aliphatic rings. The second kappa shape index (κ2) is 1.64. The van der Waals surface area contributed by atoms with E-state index in [1.54, 1.807) is 12.3 Å². The minimum atomic E-state index is 0.514. The summed E-state index contributed by atoms with van der Waals surface area (Å²) in [6, 6.07) is 1.69. The Morgan fingerprint density at radius 2 is 2.71 bits per heavy atom. The summed E-state index contributed by atoms with van der Waals surface area (Å²) in [4.78, 5) is 0. The molecule has 0 spiro atoms. The number of H-pyrrole nitrogens is 1. The van der Waals surface area contributed by atoms with Gasteiger partial charge in [-0.05, 0) is 0 Å². The monoisotopic (exact) mass is 97.0 g/mol. The summed E-state index contributed by atoms with van der Waals surface area (Å²) >= 11 is 0. The lowest BCUT2D eigenvalue weighted by atomic mass is 10.7. The number of nitrogens with one attached hydrogen (secondary N) is 1. The molecule has 1 radical (unpaired) electrons. The van der Waals surface area contributed by atoms with E-state index in [1.165, 1.54) is 0 Å². The van der Waals surface area contributed by atoms with Crippen molar-refractivity contribution >= 4 is 0 Å². The number of rotatable bonds is 1. The van der Waals surface area contributed by atoms with Gasteiger partial charge in [-0.15, -0.1) is 5.10 Å². The molecule has 0 aliphatic heterocycles. The van der Waals surface area contributed by atoms with Gasteiger partial charge in [0.2, 0.25) is 5.88 Å². The molecule has 0 aromatic carbocycles.